The van der Waals surface area contributed by atoms with E-state index in [4.69, 9.17) is 16.9 Å². The number of nitriles is 1. The fourth-order valence-corrected chi connectivity index (χ4v) is 2.13. The van der Waals surface area contributed by atoms with Crippen LogP contribution >= 0.6 is 11.6 Å². The summed E-state index contributed by atoms with van der Waals surface area (Å²) < 4.78 is 0. The third-order valence-corrected chi connectivity index (χ3v) is 3.34. The van der Waals surface area contributed by atoms with Gasteiger partial charge in [0, 0.05) is 24.5 Å². The van der Waals surface area contributed by atoms with Gasteiger partial charge in [-0.1, -0.05) is 41.9 Å². The first-order chi connectivity index (χ1) is 10.7. The molecule has 0 atom stereocenters. The lowest BCUT2D eigenvalue weighted by Crippen LogP contribution is -2.24. The molecule has 2 rings (SSSR count). The van der Waals surface area contributed by atoms with E-state index in [1.807, 2.05) is 30.3 Å². The molecular weight excluding hydrogens is 298 g/mol. The molecule has 0 unspecified atom stereocenters. The minimum Gasteiger partial charge on any atom is -0.383 e. The molecule has 0 fully saturated rings. The van der Waals surface area contributed by atoms with Crippen molar-refractivity contribution in [1.29, 1.82) is 5.26 Å². The summed E-state index contributed by atoms with van der Waals surface area (Å²) in [6.45, 7) is 0.973. The first kappa shape index (κ1) is 15.9. The first-order valence-corrected chi connectivity index (χ1v) is 7.31. The number of nitrogens with one attached hydrogen (secondary N) is 2. The van der Waals surface area contributed by atoms with Crippen molar-refractivity contribution in [3.05, 3.63) is 64.7 Å². The summed E-state index contributed by atoms with van der Waals surface area (Å²) in [5.41, 5.74) is 2.22. The monoisotopic (exact) mass is 313 g/mol. The van der Waals surface area contributed by atoms with Crippen molar-refractivity contribution in [3.8, 4) is 6.07 Å². The standard InChI is InChI=1S/C17H16ClN3O/c18-15-6-7-16(14(10-15)11-19)20-9-8-17(22)21-12-13-4-2-1-3-5-13/h1-7,10,20H,8-9,12H2,(H,21,22). The molecule has 2 aromatic carbocycles. The van der Waals surface area contributed by atoms with Gasteiger partial charge in [0.15, 0.2) is 0 Å². The summed E-state index contributed by atoms with van der Waals surface area (Å²) in [5, 5.41) is 15.5. The molecule has 0 heterocycles. The Kier molecular flexibility index (Phi) is 5.81. The van der Waals surface area contributed by atoms with E-state index in [0.717, 1.165) is 5.56 Å². The maximum absolute atomic E-state index is 11.8. The van der Waals surface area contributed by atoms with Crippen LogP contribution < -0.4 is 10.6 Å². The van der Waals surface area contributed by atoms with E-state index in [1.54, 1.807) is 18.2 Å². The molecule has 4 nitrogen and oxygen atoms in total. The van der Waals surface area contributed by atoms with Gasteiger partial charge in [-0.15, -0.1) is 0 Å². The average Bonchev–Trinajstić information content (AvgIpc) is 2.55. The van der Waals surface area contributed by atoms with Crippen molar-refractivity contribution in [2.75, 3.05) is 11.9 Å². The molecule has 0 aliphatic rings. The van der Waals surface area contributed by atoms with Crippen molar-refractivity contribution >= 4 is 23.2 Å². The van der Waals surface area contributed by atoms with Gasteiger partial charge in [0.1, 0.15) is 6.07 Å². The van der Waals surface area contributed by atoms with Gasteiger partial charge in [-0.25, -0.2) is 0 Å². The van der Waals surface area contributed by atoms with Crippen molar-refractivity contribution in [2.24, 2.45) is 0 Å². The Morgan fingerprint density at radius 2 is 1.95 bits per heavy atom. The van der Waals surface area contributed by atoms with Gasteiger partial charge in [-0.3, -0.25) is 4.79 Å². The van der Waals surface area contributed by atoms with E-state index in [1.165, 1.54) is 0 Å². The van der Waals surface area contributed by atoms with E-state index in [2.05, 4.69) is 16.7 Å². The van der Waals surface area contributed by atoms with Crippen LogP contribution in [0.2, 0.25) is 5.02 Å². The Labute approximate surface area is 134 Å². The predicted octanol–water partition coefficient (Wildman–Crippen LogP) is 3.33. The quantitative estimate of drug-likeness (QED) is 0.859. The molecule has 1 amide bonds. The van der Waals surface area contributed by atoms with Gasteiger partial charge in [0.2, 0.25) is 5.91 Å². The molecule has 2 N–H and O–H groups in total. The molecule has 0 bridgehead atoms. The highest BCUT2D eigenvalue weighted by atomic mass is 35.5. The highest BCUT2D eigenvalue weighted by Gasteiger charge is 2.04. The molecule has 2 aromatic rings. The SMILES string of the molecule is N#Cc1cc(Cl)ccc1NCCC(=O)NCc1ccccc1. The number of halogens is 1. The fourth-order valence-electron chi connectivity index (χ4n) is 1.96. The Morgan fingerprint density at radius 3 is 2.68 bits per heavy atom. The van der Waals surface area contributed by atoms with Crippen molar-refractivity contribution in [3.63, 3.8) is 0 Å². The van der Waals surface area contributed by atoms with Crippen LogP contribution in [0.3, 0.4) is 0 Å². The molecule has 0 aromatic heterocycles. The number of anilines is 1. The van der Waals surface area contributed by atoms with Crippen LogP contribution in [0.25, 0.3) is 0 Å². The van der Waals surface area contributed by atoms with Crippen LogP contribution in [0, 0.1) is 11.3 Å². The summed E-state index contributed by atoms with van der Waals surface area (Å²) in [6, 6.07) is 16.9. The van der Waals surface area contributed by atoms with Gasteiger partial charge in [-0.05, 0) is 23.8 Å². The number of hydrogen-bond acceptors (Lipinski definition) is 3. The number of benzene rings is 2. The van der Waals surface area contributed by atoms with Crippen LogP contribution in [0.5, 0.6) is 0 Å². The number of carbonyl (C=O) groups excluding carboxylic acids is 1. The number of nitrogens with zero attached hydrogens (tertiary/aromatic N) is 1. The topological polar surface area (TPSA) is 64.9 Å². The largest absolute Gasteiger partial charge is 0.383 e. The number of carbonyl (C=O) groups is 1. The second-order valence-corrected chi connectivity index (χ2v) is 5.18. The van der Waals surface area contributed by atoms with E-state index in [0.29, 0.717) is 35.8 Å². The number of amides is 1. The molecule has 0 aliphatic heterocycles. The Hall–Kier alpha value is -2.51. The summed E-state index contributed by atoms with van der Waals surface area (Å²) in [6.07, 6.45) is 0.334. The zero-order valence-corrected chi connectivity index (χ0v) is 12.7. The molecule has 0 aliphatic carbocycles. The van der Waals surface area contributed by atoms with Crippen LogP contribution in [0.1, 0.15) is 17.5 Å². The van der Waals surface area contributed by atoms with Gasteiger partial charge in [-0.2, -0.15) is 5.26 Å². The minimum atomic E-state index is -0.0381. The second kappa shape index (κ2) is 8.06. The van der Waals surface area contributed by atoms with E-state index >= 15 is 0 Å². The summed E-state index contributed by atoms with van der Waals surface area (Å²) in [4.78, 5) is 11.8. The normalized spacial score (nSPS) is 9.82. The highest BCUT2D eigenvalue weighted by Crippen LogP contribution is 2.19. The average molecular weight is 314 g/mol. The van der Waals surface area contributed by atoms with E-state index in [-0.39, 0.29) is 5.91 Å². The number of rotatable bonds is 6. The minimum absolute atomic E-state index is 0.0381. The molecule has 0 saturated heterocycles. The molecule has 0 spiro atoms. The molecule has 0 saturated carbocycles. The lowest BCUT2D eigenvalue weighted by molar-refractivity contribution is -0.121. The lowest BCUT2D eigenvalue weighted by Gasteiger charge is -2.09. The van der Waals surface area contributed by atoms with Crippen molar-refractivity contribution < 1.29 is 4.79 Å². The third-order valence-electron chi connectivity index (χ3n) is 3.10. The summed E-state index contributed by atoms with van der Waals surface area (Å²) >= 11 is 5.84. The summed E-state index contributed by atoms with van der Waals surface area (Å²) in [7, 11) is 0. The molecule has 112 valence electrons. The Balaban J connectivity index is 1.77. The molecule has 5 heteroatoms. The molecule has 0 radical (unpaired) electrons. The van der Waals surface area contributed by atoms with Crippen molar-refractivity contribution in [1.82, 2.24) is 5.32 Å². The first-order valence-electron chi connectivity index (χ1n) is 6.93. The smallest absolute Gasteiger partial charge is 0.222 e. The highest BCUT2D eigenvalue weighted by molar-refractivity contribution is 6.30. The molecular formula is C17H16ClN3O. The molecule has 22 heavy (non-hydrogen) atoms. The maximum Gasteiger partial charge on any atom is 0.222 e. The van der Waals surface area contributed by atoms with Crippen LogP contribution in [0.4, 0.5) is 5.69 Å². The Bertz CT molecular complexity index is 680. The van der Waals surface area contributed by atoms with E-state index < -0.39 is 0 Å². The summed E-state index contributed by atoms with van der Waals surface area (Å²) in [5.74, 6) is -0.0381. The van der Waals surface area contributed by atoms with Gasteiger partial charge >= 0.3 is 0 Å². The predicted molar refractivity (Wildman–Crippen MR) is 87.6 cm³/mol. The lowest BCUT2D eigenvalue weighted by atomic mass is 10.2. The second-order valence-electron chi connectivity index (χ2n) is 4.74. The van der Waals surface area contributed by atoms with Crippen LogP contribution in [-0.4, -0.2) is 12.5 Å². The fraction of sp³-hybridized carbons (Fsp3) is 0.176. The number of hydrogen-bond donors (Lipinski definition) is 2. The Morgan fingerprint density at radius 1 is 1.18 bits per heavy atom. The van der Waals surface area contributed by atoms with Gasteiger partial charge < -0.3 is 10.6 Å². The van der Waals surface area contributed by atoms with E-state index in [9.17, 15) is 4.79 Å². The zero-order valence-electron chi connectivity index (χ0n) is 12.0. The maximum atomic E-state index is 11.8. The zero-order chi connectivity index (χ0) is 15.8. The third kappa shape index (κ3) is 4.80. The van der Waals surface area contributed by atoms with Crippen LogP contribution in [0.15, 0.2) is 48.5 Å². The van der Waals surface area contributed by atoms with Crippen molar-refractivity contribution in [2.45, 2.75) is 13.0 Å². The van der Waals surface area contributed by atoms with Crippen LogP contribution in [-0.2, 0) is 11.3 Å². The van der Waals surface area contributed by atoms with Gasteiger partial charge in [0.05, 0.1) is 11.3 Å². The van der Waals surface area contributed by atoms with Gasteiger partial charge in [0.25, 0.3) is 0 Å².